The third kappa shape index (κ3) is 4.86. The third-order valence-electron chi connectivity index (χ3n) is 3.37. The van der Waals surface area contributed by atoms with Gasteiger partial charge in [0.05, 0.1) is 0 Å². The Balaban J connectivity index is 1.68. The summed E-state index contributed by atoms with van der Waals surface area (Å²) in [6.45, 7) is 3.26. The van der Waals surface area contributed by atoms with Crippen LogP contribution in [0.3, 0.4) is 0 Å². The predicted molar refractivity (Wildman–Crippen MR) is 76.7 cm³/mol. The number of aromatic nitrogens is 1. The highest BCUT2D eigenvalue weighted by atomic mass is 16.5. The van der Waals surface area contributed by atoms with Crippen molar-refractivity contribution in [2.45, 2.75) is 32.1 Å². The van der Waals surface area contributed by atoms with E-state index in [1.54, 1.807) is 6.07 Å². The summed E-state index contributed by atoms with van der Waals surface area (Å²) < 4.78 is 5.14. The Morgan fingerprint density at radius 1 is 1.43 bits per heavy atom. The number of nitrogens with zero attached hydrogens (tertiary/aromatic N) is 1. The van der Waals surface area contributed by atoms with Crippen LogP contribution in [-0.2, 0) is 4.79 Å². The maximum Gasteiger partial charge on any atom is 0.273 e. The van der Waals surface area contributed by atoms with Gasteiger partial charge in [-0.3, -0.25) is 9.59 Å². The number of nitrogens with two attached hydrogens (primary N) is 1. The second-order valence-electron chi connectivity index (χ2n) is 5.55. The third-order valence-corrected chi connectivity index (χ3v) is 3.37. The summed E-state index contributed by atoms with van der Waals surface area (Å²) in [5.74, 6) is 1.05. The molecule has 1 atom stereocenters. The Hall–Kier alpha value is -1.89. The van der Waals surface area contributed by atoms with Crippen molar-refractivity contribution in [3.63, 3.8) is 0 Å². The van der Waals surface area contributed by atoms with E-state index in [9.17, 15) is 9.59 Å². The number of amides is 2. The molecule has 4 N–H and O–H groups in total. The number of carbonyl (C=O) groups is 2. The van der Waals surface area contributed by atoms with Crippen molar-refractivity contribution in [1.82, 2.24) is 15.8 Å². The van der Waals surface area contributed by atoms with E-state index in [1.165, 1.54) is 0 Å². The molecule has 1 aromatic rings. The lowest BCUT2D eigenvalue weighted by molar-refractivity contribution is -0.121. The monoisotopic (exact) mass is 294 g/mol. The van der Waals surface area contributed by atoms with E-state index in [0.29, 0.717) is 37.7 Å². The average Bonchev–Trinajstić information content (AvgIpc) is 3.20. The van der Waals surface area contributed by atoms with E-state index >= 15 is 0 Å². The molecule has 1 aliphatic rings. The highest BCUT2D eigenvalue weighted by Gasteiger charge is 2.28. The van der Waals surface area contributed by atoms with Crippen molar-refractivity contribution in [2.24, 2.45) is 11.7 Å². The van der Waals surface area contributed by atoms with Gasteiger partial charge in [-0.1, -0.05) is 12.1 Å². The number of hydrogen-bond acceptors (Lipinski definition) is 5. The van der Waals surface area contributed by atoms with Crippen LogP contribution < -0.4 is 16.4 Å². The van der Waals surface area contributed by atoms with E-state index in [0.717, 1.165) is 18.6 Å². The van der Waals surface area contributed by atoms with Gasteiger partial charge in [-0.05, 0) is 18.8 Å². The Morgan fingerprint density at radius 3 is 2.81 bits per heavy atom. The van der Waals surface area contributed by atoms with Gasteiger partial charge in [0.1, 0.15) is 5.76 Å². The van der Waals surface area contributed by atoms with Gasteiger partial charge in [-0.25, -0.2) is 0 Å². The van der Waals surface area contributed by atoms with Crippen molar-refractivity contribution < 1.29 is 14.1 Å². The van der Waals surface area contributed by atoms with E-state index in [2.05, 4.69) is 15.8 Å². The maximum atomic E-state index is 11.9. The fraction of sp³-hybridized carbons (Fsp3) is 0.643. The lowest BCUT2D eigenvalue weighted by Gasteiger charge is -2.12. The summed E-state index contributed by atoms with van der Waals surface area (Å²) in [6.07, 6.45) is 2.54. The highest BCUT2D eigenvalue weighted by molar-refractivity contribution is 5.92. The van der Waals surface area contributed by atoms with Crippen molar-refractivity contribution >= 4 is 11.8 Å². The minimum atomic E-state index is -0.245. The van der Waals surface area contributed by atoms with Crippen LogP contribution in [0.5, 0.6) is 0 Å². The molecule has 1 unspecified atom stereocenters. The zero-order valence-corrected chi connectivity index (χ0v) is 12.2. The summed E-state index contributed by atoms with van der Waals surface area (Å²) in [6, 6.07) is 1.71. The van der Waals surface area contributed by atoms with Gasteiger partial charge in [-0.15, -0.1) is 0 Å². The molecule has 0 bridgehead atoms. The van der Waals surface area contributed by atoms with Crippen LogP contribution in [0.2, 0.25) is 0 Å². The molecule has 0 spiro atoms. The van der Waals surface area contributed by atoms with Gasteiger partial charge >= 0.3 is 0 Å². The van der Waals surface area contributed by atoms with E-state index < -0.39 is 0 Å². The molecule has 0 radical (unpaired) electrons. The second-order valence-corrected chi connectivity index (χ2v) is 5.55. The summed E-state index contributed by atoms with van der Waals surface area (Å²) in [7, 11) is 0. The molecule has 2 rings (SSSR count). The van der Waals surface area contributed by atoms with E-state index in [-0.39, 0.29) is 17.7 Å². The number of carbonyl (C=O) groups excluding carboxylic acids is 2. The molecular weight excluding hydrogens is 272 g/mol. The first-order chi connectivity index (χ1) is 10.1. The Kier molecular flexibility index (Phi) is 5.32. The molecule has 1 heterocycles. The first-order valence-electron chi connectivity index (χ1n) is 7.31. The molecule has 1 saturated carbocycles. The molecule has 1 aromatic heterocycles. The zero-order valence-electron chi connectivity index (χ0n) is 12.2. The normalized spacial score (nSPS) is 15.5. The van der Waals surface area contributed by atoms with Gasteiger partial charge in [0.2, 0.25) is 5.91 Å². The molecule has 2 amide bonds. The molecular formula is C14H22N4O3. The molecule has 7 nitrogen and oxygen atoms in total. The molecule has 0 saturated heterocycles. The fourth-order valence-electron chi connectivity index (χ4n) is 1.89. The van der Waals surface area contributed by atoms with Gasteiger partial charge in [0.15, 0.2) is 5.69 Å². The zero-order chi connectivity index (χ0) is 15.2. The molecule has 1 fully saturated rings. The predicted octanol–water partition coefficient (Wildman–Crippen LogP) is 0.383. The van der Waals surface area contributed by atoms with E-state index in [4.69, 9.17) is 10.3 Å². The minimum absolute atomic E-state index is 0.0683. The topological polar surface area (TPSA) is 110 Å². The van der Waals surface area contributed by atoms with Crippen LogP contribution in [0.4, 0.5) is 0 Å². The number of nitrogens with one attached hydrogen (secondary N) is 2. The highest BCUT2D eigenvalue weighted by Crippen LogP contribution is 2.40. The number of hydrogen-bond donors (Lipinski definition) is 3. The molecule has 0 aliphatic heterocycles. The number of rotatable bonds is 8. The van der Waals surface area contributed by atoms with Crippen molar-refractivity contribution in [1.29, 1.82) is 0 Å². The Morgan fingerprint density at radius 2 is 2.14 bits per heavy atom. The lowest BCUT2D eigenvalue weighted by Crippen LogP contribution is -2.36. The molecule has 1 aliphatic carbocycles. The van der Waals surface area contributed by atoms with Gasteiger partial charge in [-0.2, -0.15) is 0 Å². The summed E-state index contributed by atoms with van der Waals surface area (Å²) in [4.78, 5) is 23.2. The van der Waals surface area contributed by atoms with Crippen molar-refractivity contribution in [3.05, 3.63) is 17.5 Å². The van der Waals surface area contributed by atoms with Crippen LogP contribution >= 0.6 is 0 Å². The van der Waals surface area contributed by atoms with Crippen LogP contribution in [0, 0.1) is 5.92 Å². The Labute approximate surface area is 123 Å². The lowest BCUT2D eigenvalue weighted by atomic mass is 10.1. The standard InChI is InChI=1S/C14H22N4O3/c1-9(7-16-13(19)4-5-15)8-17-14(20)11-6-12(21-18-11)10-2-3-10/h6,9-10H,2-5,7-8,15H2,1H3,(H,16,19)(H,17,20). The van der Waals surface area contributed by atoms with Crippen molar-refractivity contribution in [2.75, 3.05) is 19.6 Å². The summed E-state index contributed by atoms with van der Waals surface area (Å²) >= 11 is 0. The first kappa shape index (κ1) is 15.5. The molecule has 7 heteroatoms. The smallest absolute Gasteiger partial charge is 0.273 e. The minimum Gasteiger partial charge on any atom is -0.360 e. The van der Waals surface area contributed by atoms with Crippen molar-refractivity contribution in [3.8, 4) is 0 Å². The largest absolute Gasteiger partial charge is 0.360 e. The van der Waals surface area contributed by atoms with Gasteiger partial charge < -0.3 is 20.9 Å². The molecule has 21 heavy (non-hydrogen) atoms. The van der Waals surface area contributed by atoms with Crippen LogP contribution in [0.1, 0.15) is 48.4 Å². The molecule has 0 aromatic carbocycles. The second kappa shape index (κ2) is 7.21. The first-order valence-corrected chi connectivity index (χ1v) is 7.31. The van der Waals surface area contributed by atoms with Crippen LogP contribution in [0.25, 0.3) is 0 Å². The average molecular weight is 294 g/mol. The SMILES string of the molecule is CC(CNC(=O)CCN)CNC(=O)c1cc(C2CC2)on1. The summed E-state index contributed by atoms with van der Waals surface area (Å²) in [5.41, 5.74) is 5.61. The van der Waals surface area contributed by atoms with Gasteiger partial charge in [0.25, 0.3) is 5.91 Å². The Bertz CT molecular complexity index is 496. The van der Waals surface area contributed by atoms with Gasteiger partial charge in [0, 0.05) is 38.0 Å². The maximum absolute atomic E-state index is 11.9. The molecule has 116 valence electrons. The summed E-state index contributed by atoms with van der Waals surface area (Å²) in [5, 5.41) is 9.34. The fourth-order valence-corrected chi connectivity index (χ4v) is 1.89. The quantitative estimate of drug-likeness (QED) is 0.642. The van der Waals surface area contributed by atoms with Crippen LogP contribution in [-0.4, -0.2) is 36.6 Å². The van der Waals surface area contributed by atoms with E-state index in [1.807, 2.05) is 6.92 Å². The van der Waals surface area contributed by atoms with Crippen LogP contribution in [0.15, 0.2) is 10.6 Å².